The fourth-order valence-corrected chi connectivity index (χ4v) is 1.58. The molecule has 3 nitrogen and oxygen atoms in total. The lowest BCUT2D eigenvalue weighted by Crippen LogP contribution is -2.34. The molecule has 0 amide bonds. The maximum Gasteiger partial charge on any atom is 0.246 e. The zero-order valence-corrected chi connectivity index (χ0v) is 7.70. The minimum Gasteiger partial charge on any atom is -0.379 e. The van der Waals surface area contributed by atoms with Crippen molar-refractivity contribution in [3.63, 3.8) is 0 Å². The summed E-state index contributed by atoms with van der Waals surface area (Å²) in [4.78, 5) is 0. The van der Waals surface area contributed by atoms with E-state index in [2.05, 4.69) is 0 Å². The minimum absolute atomic E-state index is 0.691. The first-order valence-corrected chi connectivity index (χ1v) is 5.98. The highest BCUT2D eigenvalue weighted by Crippen LogP contribution is 2.48. The van der Waals surface area contributed by atoms with Gasteiger partial charge in [0.15, 0.2) is 0 Å². The molecular formula is C4H8Cl2NO2P. The monoisotopic (exact) mass is 203 g/mol. The number of halogens is 2. The van der Waals surface area contributed by atoms with Gasteiger partial charge in [-0.25, -0.2) is 4.62 Å². The van der Waals surface area contributed by atoms with E-state index in [1.54, 1.807) is 5.06 Å². The second kappa shape index (κ2) is 4.70. The molecule has 0 bridgehead atoms. The van der Waals surface area contributed by atoms with Gasteiger partial charge in [-0.2, -0.15) is 5.06 Å². The van der Waals surface area contributed by atoms with E-state index in [9.17, 15) is 0 Å². The van der Waals surface area contributed by atoms with Crippen LogP contribution in [0.1, 0.15) is 0 Å². The van der Waals surface area contributed by atoms with Crippen molar-refractivity contribution in [2.75, 3.05) is 26.3 Å². The Hall–Kier alpha value is 0.890. The van der Waals surface area contributed by atoms with Crippen LogP contribution in [0.15, 0.2) is 0 Å². The normalized spacial score (nSPS) is 21.9. The fraction of sp³-hybridized carbons (Fsp3) is 1.00. The summed E-state index contributed by atoms with van der Waals surface area (Å²) in [5.74, 6) is 0. The molecule has 1 aliphatic rings. The standard InChI is InChI=1S/C4H8Cl2NO2P/c5-10(6)9-7-1-3-8-4-2-7/h1-4H2. The van der Waals surface area contributed by atoms with Gasteiger partial charge < -0.3 is 4.74 Å². The SMILES string of the molecule is ClP(Cl)ON1CCOCC1. The molecule has 1 fully saturated rings. The van der Waals surface area contributed by atoms with Crippen LogP contribution in [0.25, 0.3) is 0 Å². The number of morpholine rings is 1. The molecule has 0 atom stereocenters. The topological polar surface area (TPSA) is 21.7 Å². The van der Waals surface area contributed by atoms with Gasteiger partial charge in [-0.1, -0.05) is 0 Å². The van der Waals surface area contributed by atoms with Crippen LogP contribution >= 0.6 is 29.3 Å². The summed E-state index contributed by atoms with van der Waals surface area (Å²) in [5.41, 5.74) is 0. The predicted molar refractivity (Wildman–Crippen MR) is 42.1 cm³/mol. The smallest absolute Gasteiger partial charge is 0.246 e. The van der Waals surface area contributed by atoms with Crippen molar-refractivity contribution < 1.29 is 9.36 Å². The van der Waals surface area contributed by atoms with Crippen molar-refractivity contribution in [2.24, 2.45) is 0 Å². The Bertz CT molecular complexity index is 99.3. The number of hydroxylamine groups is 2. The van der Waals surface area contributed by atoms with E-state index >= 15 is 0 Å². The summed E-state index contributed by atoms with van der Waals surface area (Å²) in [6.45, 7) is 1.57. The van der Waals surface area contributed by atoms with E-state index in [4.69, 9.17) is 31.8 Å². The first-order chi connectivity index (χ1) is 4.79. The Morgan fingerprint density at radius 2 is 1.90 bits per heavy atom. The van der Waals surface area contributed by atoms with Crippen LogP contribution in [0.3, 0.4) is 0 Å². The largest absolute Gasteiger partial charge is 0.379 e. The Labute approximate surface area is 70.5 Å². The van der Waals surface area contributed by atoms with Gasteiger partial charge in [0.05, 0.1) is 13.2 Å². The molecule has 0 aromatic heterocycles. The zero-order chi connectivity index (χ0) is 7.40. The van der Waals surface area contributed by atoms with Crippen LogP contribution in [-0.4, -0.2) is 31.4 Å². The van der Waals surface area contributed by atoms with Gasteiger partial charge in [0.1, 0.15) is 0 Å². The Morgan fingerprint density at radius 3 is 2.40 bits per heavy atom. The van der Waals surface area contributed by atoms with Gasteiger partial charge in [0, 0.05) is 13.1 Å². The van der Waals surface area contributed by atoms with E-state index in [-0.39, 0.29) is 0 Å². The van der Waals surface area contributed by atoms with Gasteiger partial charge in [-0.3, -0.25) is 0 Å². The van der Waals surface area contributed by atoms with Crippen LogP contribution in [-0.2, 0) is 9.36 Å². The van der Waals surface area contributed by atoms with E-state index in [1.807, 2.05) is 0 Å². The minimum atomic E-state index is -1.31. The maximum absolute atomic E-state index is 5.44. The lowest BCUT2D eigenvalue weighted by atomic mass is 10.5. The predicted octanol–water partition coefficient (Wildman–Crippen LogP) is 1.95. The van der Waals surface area contributed by atoms with Crippen LogP contribution in [0.2, 0.25) is 0 Å². The molecule has 0 aromatic carbocycles. The first-order valence-electron chi connectivity index (χ1n) is 2.91. The lowest BCUT2D eigenvalue weighted by molar-refractivity contribution is -0.108. The van der Waals surface area contributed by atoms with Gasteiger partial charge in [0.25, 0.3) is 0 Å². The quantitative estimate of drug-likeness (QED) is 0.641. The molecule has 1 saturated heterocycles. The van der Waals surface area contributed by atoms with Gasteiger partial charge in [0.2, 0.25) is 6.85 Å². The van der Waals surface area contributed by atoms with Crippen molar-refractivity contribution in [1.82, 2.24) is 5.06 Å². The summed E-state index contributed by atoms with van der Waals surface area (Å²) in [7, 11) is 0. The molecule has 10 heavy (non-hydrogen) atoms. The van der Waals surface area contributed by atoms with Crippen molar-refractivity contribution in [1.29, 1.82) is 0 Å². The van der Waals surface area contributed by atoms with E-state index < -0.39 is 6.85 Å². The van der Waals surface area contributed by atoms with Crippen molar-refractivity contribution in [3.8, 4) is 0 Å². The van der Waals surface area contributed by atoms with E-state index in [0.29, 0.717) is 13.2 Å². The molecule has 0 aliphatic carbocycles. The summed E-state index contributed by atoms with van der Waals surface area (Å²) in [5, 5.41) is 1.73. The highest BCUT2D eigenvalue weighted by Gasteiger charge is 2.13. The van der Waals surface area contributed by atoms with Gasteiger partial charge in [-0.05, 0) is 22.5 Å². The molecule has 0 saturated carbocycles. The van der Waals surface area contributed by atoms with Crippen molar-refractivity contribution in [3.05, 3.63) is 0 Å². The molecular weight excluding hydrogens is 196 g/mol. The second-order valence-electron chi connectivity index (χ2n) is 1.82. The third-order valence-corrected chi connectivity index (χ3v) is 1.87. The highest BCUT2D eigenvalue weighted by molar-refractivity contribution is 8.00. The summed E-state index contributed by atoms with van der Waals surface area (Å²) in [6, 6.07) is 0. The molecule has 1 heterocycles. The number of hydrogen-bond acceptors (Lipinski definition) is 3. The lowest BCUT2D eigenvalue weighted by Gasteiger charge is -2.25. The van der Waals surface area contributed by atoms with Crippen molar-refractivity contribution in [2.45, 2.75) is 0 Å². The number of nitrogens with zero attached hydrogens (tertiary/aromatic N) is 1. The molecule has 1 aliphatic heterocycles. The van der Waals surface area contributed by atoms with Crippen molar-refractivity contribution >= 4 is 29.3 Å². The summed E-state index contributed by atoms with van der Waals surface area (Å²) >= 11 is 10.9. The third kappa shape index (κ3) is 3.33. The number of rotatable bonds is 2. The Morgan fingerprint density at radius 1 is 1.30 bits per heavy atom. The molecule has 1 rings (SSSR count). The first kappa shape index (κ1) is 8.98. The maximum atomic E-state index is 5.44. The van der Waals surface area contributed by atoms with Crippen LogP contribution < -0.4 is 0 Å². The summed E-state index contributed by atoms with van der Waals surface area (Å²) < 4.78 is 10.1. The summed E-state index contributed by atoms with van der Waals surface area (Å²) in [6.07, 6.45) is 0. The Kier molecular flexibility index (Phi) is 4.23. The number of ether oxygens (including phenoxy) is 1. The molecule has 0 spiro atoms. The molecule has 6 heteroatoms. The molecule has 0 radical (unpaired) electrons. The van der Waals surface area contributed by atoms with Gasteiger partial charge >= 0.3 is 0 Å². The van der Waals surface area contributed by atoms with E-state index in [0.717, 1.165) is 13.1 Å². The van der Waals surface area contributed by atoms with Crippen LogP contribution in [0.4, 0.5) is 0 Å². The highest BCUT2D eigenvalue weighted by atomic mass is 35.9. The molecule has 60 valence electrons. The van der Waals surface area contributed by atoms with Crippen LogP contribution in [0.5, 0.6) is 0 Å². The third-order valence-electron chi connectivity index (χ3n) is 1.15. The average Bonchev–Trinajstić information content (AvgIpc) is 1.88. The fourth-order valence-electron chi connectivity index (χ4n) is 0.716. The van der Waals surface area contributed by atoms with E-state index in [1.165, 1.54) is 0 Å². The zero-order valence-electron chi connectivity index (χ0n) is 5.30. The Balaban J connectivity index is 2.13. The molecule has 0 N–H and O–H groups in total. The van der Waals surface area contributed by atoms with Gasteiger partial charge in [-0.15, -0.1) is 0 Å². The molecule has 0 aromatic rings. The second-order valence-corrected chi connectivity index (χ2v) is 4.75. The average molecular weight is 204 g/mol. The van der Waals surface area contributed by atoms with Crippen LogP contribution in [0, 0.1) is 0 Å². The number of hydrogen-bond donors (Lipinski definition) is 0. The molecule has 0 unspecified atom stereocenters.